The summed E-state index contributed by atoms with van der Waals surface area (Å²) in [7, 11) is 2.83. The molecule has 0 aromatic carbocycles. The number of rotatable bonds is 4. The minimum Gasteiger partial charge on any atom is -0.465 e. The quantitative estimate of drug-likeness (QED) is 0.456. The van der Waals surface area contributed by atoms with Crippen LogP contribution in [0.2, 0.25) is 14.4 Å². The molecule has 22 heavy (non-hydrogen) atoms. The summed E-state index contributed by atoms with van der Waals surface area (Å²) >= 11 is 24.5. The van der Waals surface area contributed by atoms with Crippen molar-refractivity contribution in [3.63, 3.8) is 0 Å². The van der Waals surface area contributed by atoms with Crippen molar-refractivity contribution in [2.24, 2.45) is 4.99 Å². The van der Waals surface area contributed by atoms with Crippen molar-refractivity contribution in [3.8, 4) is 0 Å². The third-order valence-electron chi connectivity index (χ3n) is 2.15. The van der Waals surface area contributed by atoms with Gasteiger partial charge in [-0.05, 0) is 0 Å². The first-order chi connectivity index (χ1) is 10.3. The van der Waals surface area contributed by atoms with Gasteiger partial charge in [-0.25, -0.2) is 9.79 Å². The first-order valence-corrected chi connectivity index (χ1v) is 8.84. The van der Waals surface area contributed by atoms with Gasteiger partial charge in [0, 0.05) is 7.05 Å². The molecule has 0 spiro atoms. The summed E-state index contributed by atoms with van der Waals surface area (Å²) in [5.74, 6) is -1.38. The van der Waals surface area contributed by atoms with E-state index in [2.05, 4.69) is 15.0 Å². The van der Waals surface area contributed by atoms with Crippen LogP contribution in [0.25, 0.3) is 0 Å². The van der Waals surface area contributed by atoms with Crippen LogP contribution in [0.15, 0.2) is 4.99 Å². The first kappa shape index (κ1) is 19.7. The van der Waals surface area contributed by atoms with Crippen LogP contribution in [0.5, 0.6) is 0 Å². The van der Waals surface area contributed by atoms with Gasteiger partial charge in [-0.1, -0.05) is 58.8 Å². The average Bonchev–Trinajstić information content (AvgIpc) is 2.77. The van der Waals surface area contributed by atoms with E-state index in [1.54, 1.807) is 7.05 Å². The van der Waals surface area contributed by atoms with Gasteiger partial charge < -0.3 is 10.1 Å². The Morgan fingerprint density at radius 3 is 2.45 bits per heavy atom. The lowest BCUT2D eigenvalue weighted by Crippen LogP contribution is -2.22. The highest BCUT2D eigenvalue weighted by Crippen LogP contribution is 2.40. The molecule has 0 unspecified atom stereocenters. The van der Waals surface area contributed by atoms with Gasteiger partial charge in [-0.15, -0.1) is 11.3 Å². The van der Waals surface area contributed by atoms with Crippen molar-refractivity contribution in [2.45, 2.75) is 0 Å². The van der Waals surface area contributed by atoms with Crippen molar-refractivity contribution in [2.75, 3.05) is 19.9 Å². The number of nitrogens with zero attached hydrogens (tertiary/aromatic N) is 1. The van der Waals surface area contributed by atoms with E-state index in [1.165, 1.54) is 7.11 Å². The van der Waals surface area contributed by atoms with Crippen LogP contribution in [0.1, 0.15) is 9.67 Å². The molecular weight excluding hydrogens is 411 g/mol. The fraction of sp³-hybridized carbons (Fsp3) is 0.273. The summed E-state index contributed by atoms with van der Waals surface area (Å²) in [5.41, 5.74) is -0.0909. The maximum Gasteiger partial charge on any atom is 0.353 e. The lowest BCUT2D eigenvalue weighted by atomic mass is 10.4. The Labute approximate surface area is 155 Å². The normalized spacial score (nSPS) is 11.2. The number of ether oxygens (including phenoxy) is 1. The predicted octanol–water partition coefficient (Wildman–Crippen LogP) is 3.70. The molecule has 1 N–H and O–H groups in total. The van der Waals surface area contributed by atoms with Crippen molar-refractivity contribution >= 4 is 92.0 Å². The molecule has 11 heteroatoms. The molecule has 0 aliphatic carbocycles. The number of esters is 1. The number of thiophene rings is 1. The van der Waals surface area contributed by atoms with E-state index in [0.717, 1.165) is 23.1 Å². The minimum absolute atomic E-state index is 0.00744. The number of aliphatic imine (C=N–C) groups is 1. The van der Waals surface area contributed by atoms with E-state index in [-0.39, 0.29) is 30.7 Å². The number of amides is 1. The van der Waals surface area contributed by atoms with Gasteiger partial charge in [0.2, 0.25) is 0 Å². The van der Waals surface area contributed by atoms with Crippen molar-refractivity contribution in [3.05, 3.63) is 19.3 Å². The smallest absolute Gasteiger partial charge is 0.353 e. The highest BCUT2D eigenvalue weighted by molar-refractivity contribution is 8.23. The summed E-state index contributed by atoms with van der Waals surface area (Å²) in [5, 5.41) is 2.82. The van der Waals surface area contributed by atoms with Gasteiger partial charge in [0.25, 0.3) is 5.91 Å². The van der Waals surface area contributed by atoms with Crippen LogP contribution in [-0.4, -0.2) is 41.8 Å². The molecule has 5 nitrogen and oxygen atoms in total. The molecule has 0 saturated carbocycles. The monoisotopic (exact) mass is 418 g/mol. The lowest BCUT2D eigenvalue weighted by molar-refractivity contribution is -0.132. The highest BCUT2D eigenvalue weighted by atomic mass is 35.5. The first-order valence-electron chi connectivity index (χ1n) is 5.49. The lowest BCUT2D eigenvalue weighted by Gasteiger charge is -2.04. The average molecular weight is 420 g/mol. The number of halogens is 3. The minimum atomic E-state index is -0.732. The maximum absolute atomic E-state index is 12.1. The third kappa shape index (κ3) is 5.07. The fourth-order valence-corrected chi connectivity index (χ4v) is 3.59. The zero-order valence-corrected chi connectivity index (χ0v) is 16.0. The predicted molar refractivity (Wildman–Crippen MR) is 97.2 cm³/mol. The Kier molecular flexibility index (Phi) is 8.09. The van der Waals surface area contributed by atoms with E-state index in [4.69, 9.17) is 47.0 Å². The molecule has 0 bridgehead atoms. The zero-order chi connectivity index (χ0) is 16.9. The Hall–Kier alpha value is -0.380. The Balaban J connectivity index is 3.04. The molecule has 1 aromatic rings. The number of methoxy groups -OCH3 is 1. The number of carbonyl (C=O) groups excluding carboxylic acids is 2. The molecule has 0 aliphatic rings. The van der Waals surface area contributed by atoms with Gasteiger partial charge in [0.1, 0.15) is 19.2 Å². The van der Waals surface area contributed by atoms with Crippen molar-refractivity contribution in [1.82, 2.24) is 5.32 Å². The summed E-state index contributed by atoms with van der Waals surface area (Å²) in [6.07, 6.45) is 0. The number of hydrogen-bond donors (Lipinski definition) is 1. The van der Waals surface area contributed by atoms with Crippen LogP contribution in [0, 0.1) is 0 Å². The van der Waals surface area contributed by atoms with Crippen LogP contribution in [0.3, 0.4) is 0 Å². The number of hydrogen-bond acceptors (Lipinski definition) is 6. The standard InChI is InChI=1S/C11H9Cl3N2O3S3/c1-15-11(20)21-3-4(10(18)19-2)16-9(17)7-5(12)6(13)8(14)22-7/h3H2,1-2H3,(H,15,20)/b16-4+. The van der Waals surface area contributed by atoms with Crippen LogP contribution in [-0.2, 0) is 9.53 Å². The zero-order valence-electron chi connectivity index (χ0n) is 11.2. The maximum atomic E-state index is 12.1. The van der Waals surface area contributed by atoms with Gasteiger partial charge >= 0.3 is 5.97 Å². The largest absolute Gasteiger partial charge is 0.465 e. The summed E-state index contributed by atoms with van der Waals surface area (Å²) in [6.45, 7) is 0. The second-order valence-electron chi connectivity index (χ2n) is 3.51. The summed E-state index contributed by atoms with van der Waals surface area (Å²) < 4.78 is 5.22. The molecule has 1 heterocycles. The molecule has 1 aromatic heterocycles. The van der Waals surface area contributed by atoms with Crippen LogP contribution >= 0.6 is 70.1 Å². The van der Waals surface area contributed by atoms with E-state index in [1.807, 2.05) is 0 Å². The number of nitrogens with one attached hydrogen (secondary N) is 1. The Bertz CT molecular complexity index is 646. The molecule has 120 valence electrons. The highest BCUT2D eigenvalue weighted by Gasteiger charge is 2.22. The Morgan fingerprint density at radius 2 is 2.00 bits per heavy atom. The molecule has 0 saturated heterocycles. The van der Waals surface area contributed by atoms with Crippen molar-refractivity contribution < 1.29 is 14.3 Å². The van der Waals surface area contributed by atoms with Crippen LogP contribution < -0.4 is 5.32 Å². The third-order valence-corrected chi connectivity index (χ3v) is 6.15. The summed E-state index contributed by atoms with van der Waals surface area (Å²) in [6, 6.07) is 0. The van der Waals surface area contributed by atoms with Gasteiger partial charge in [-0.3, -0.25) is 4.79 Å². The van der Waals surface area contributed by atoms with E-state index < -0.39 is 11.9 Å². The number of thiocarbonyl (C=S) groups is 1. The number of carbonyl (C=O) groups is 2. The van der Waals surface area contributed by atoms with Gasteiger partial charge in [0.15, 0.2) is 0 Å². The molecular formula is C11H9Cl3N2O3S3. The number of thioether (sulfide) groups is 1. The van der Waals surface area contributed by atoms with Gasteiger partial charge in [-0.2, -0.15) is 0 Å². The molecule has 0 atom stereocenters. The van der Waals surface area contributed by atoms with E-state index in [0.29, 0.717) is 4.32 Å². The molecule has 0 fully saturated rings. The van der Waals surface area contributed by atoms with Crippen molar-refractivity contribution in [1.29, 1.82) is 0 Å². The van der Waals surface area contributed by atoms with Gasteiger partial charge in [0.05, 0.1) is 22.9 Å². The van der Waals surface area contributed by atoms with E-state index in [9.17, 15) is 9.59 Å². The topological polar surface area (TPSA) is 67.8 Å². The van der Waals surface area contributed by atoms with E-state index >= 15 is 0 Å². The van der Waals surface area contributed by atoms with Crippen LogP contribution in [0.4, 0.5) is 0 Å². The SMILES string of the molecule is CNC(=S)SC/C(=N\C(=O)c1sc(Cl)c(Cl)c1Cl)C(=O)OC. The summed E-state index contributed by atoms with van der Waals surface area (Å²) in [4.78, 5) is 27.6. The molecule has 1 amide bonds. The fourth-order valence-electron chi connectivity index (χ4n) is 1.14. The molecule has 1 rings (SSSR count). The second kappa shape index (κ2) is 9.05. The molecule has 0 radical (unpaired) electrons. The second-order valence-corrected chi connectivity index (χ2v) is 7.55. The molecule has 0 aliphatic heterocycles. The Morgan fingerprint density at radius 1 is 1.36 bits per heavy atom.